The molecule has 98 valence electrons. The van der Waals surface area contributed by atoms with Crippen LogP contribution in [0.3, 0.4) is 0 Å². The van der Waals surface area contributed by atoms with E-state index in [1.54, 1.807) is 0 Å². The molecule has 6 nitrogen and oxygen atoms in total. The minimum Gasteiger partial charge on any atom is -0.476 e. The molecule has 2 N–H and O–H groups in total. The molecule has 19 heavy (non-hydrogen) atoms. The van der Waals surface area contributed by atoms with Gasteiger partial charge in [-0.15, -0.1) is 0 Å². The van der Waals surface area contributed by atoms with Gasteiger partial charge in [-0.25, -0.2) is 9.78 Å². The number of carboxylic acids is 1. The molecule has 0 unspecified atom stereocenters. The molecule has 0 spiro atoms. The van der Waals surface area contributed by atoms with Gasteiger partial charge in [0.2, 0.25) is 6.79 Å². The summed E-state index contributed by atoms with van der Waals surface area (Å²) in [6, 6.07) is 5.73. The molecule has 0 saturated heterocycles. The molecule has 1 aromatic carbocycles. The summed E-state index contributed by atoms with van der Waals surface area (Å²) in [5.41, 5.74) is 1.78. The minimum atomic E-state index is -1.01. The molecule has 1 aliphatic rings. The van der Waals surface area contributed by atoms with E-state index in [0.717, 1.165) is 17.1 Å². The van der Waals surface area contributed by atoms with Crippen LogP contribution in [-0.2, 0) is 12.8 Å². The van der Waals surface area contributed by atoms with Crippen LogP contribution >= 0.6 is 0 Å². The number of hydrogen-bond acceptors (Lipinski definition) is 4. The number of imidazole rings is 1. The number of carboxylic acid groups (broad SMARTS) is 1. The minimum absolute atomic E-state index is 0.0840. The third kappa shape index (κ3) is 2.24. The van der Waals surface area contributed by atoms with Crippen LogP contribution in [0.25, 0.3) is 0 Å². The summed E-state index contributed by atoms with van der Waals surface area (Å²) in [5.74, 6) is 0.471. The van der Waals surface area contributed by atoms with Gasteiger partial charge in [0.05, 0.1) is 6.33 Å². The SMILES string of the molecule is O=C(O)c1nc[nH]c1CCc1ccc2c(c1)OCO2. The number of carbonyl (C=O) groups is 1. The zero-order chi connectivity index (χ0) is 13.2. The predicted molar refractivity (Wildman–Crippen MR) is 65.5 cm³/mol. The Balaban J connectivity index is 1.72. The Morgan fingerprint density at radius 3 is 3.00 bits per heavy atom. The van der Waals surface area contributed by atoms with E-state index in [9.17, 15) is 4.79 Å². The Labute approximate surface area is 109 Å². The third-order valence-electron chi connectivity index (χ3n) is 3.02. The summed E-state index contributed by atoms with van der Waals surface area (Å²) in [6.45, 7) is 0.252. The molecular weight excluding hydrogens is 248 g/mol. The quantitative estimate of drug-likeness (QED) is 0.872. The molecule has 0 fully saturated rings. The molecule has 1 aliphatic heterocycles. The second-order valence-corrected chi connectivity index (χ2v) is 4.22. The van der Waals surface area contributed by atoms with Crippen molar-refractivity contribution in [3.63, 3.8) is 0 Å². The molecule has 2 heterocycles. The first kappa shape index (κ1) is 11.6. The van der Waals surface area contributed by atoms with Gasteiger partial charge in [0.15, 0.2) is 17.2 Å². The third-order valence-corrected chi connectivity index (χ3v) is 3.02. The monoisotopic (exact) mass is 260 g/mol. The van der Waals surface area contributed by atoms with Crippen LogP contribution in [0.2, 0.25) is 0 Å². The normalized spacial score (nSPS) is 12.6. The fraction of sp³-hybridized carbons (Fsp3) is 0.231. The van der Waals surface area contributed by atoms with Crippen LogP contribution in [0.5, 0.6) is 11.5 Å². The van der Waals surface area contributed by atoms with E-state index in [1.165, 1.54) is 6.33 Å². The van der Waals surface area contributed by atoms with Crippen molar-refractivity contribution in [2.24, 2.45) is 0 Å². The molecule has 3 rings (SSSR count). The first-order valence-electron chi connectivity index (χ1n) is 5.88. The van der Waals surface area contributed by atoms with Gasteiger partial charge in [-0.2, -0.15) is 0 Å². The second-order valence-electron chi connectivity index (χ2n) is 4.22. The Morgan fingerprint density at radius 2 is 2.16 bits per heavy atom. The van der Waals surface area contributed by atoms with Gasteiger partial charge in [0.1, 0.15) is 0 Å². The fourth-order valence-electron chi connectivity index (χ4n) is 2.06. The maximum Gasteiger partial charge on any atom is 0.356 e. The highest BCUT2D eigenvalue weighted by Gasteiger charge is 2.15. The van der Waals surface area contributed by atoms with Crippen LogP contribution in [0, 0.1) is 0 Å². The largest absolute Gasteiger partial charge is 0.476 e. The first-order chi connectivity index (χ1) is 9.24. The second kappa shape index (κ2) is 4.64. The van der Waals surface area contributed by atoms with Crippen LogP contribution in [0.1, 0.15) is 21.7 Å². The van der Waals surface area contributed by atoms with Gasteiger partial charge in [0, 0.05) is 5.69 Å². The summed E-state index contributed by atoms with van der Waals surface area (Å²) in [5, 5.41) is 8.96. The van der Waals surface area contributed by atoms with E-state index in [2.05, 4.69) is 9.97 Å². The number of ether oxygens (including phenoxy) is 2. The highest BCUT2D eigenvalue weighted by atomic mass is 16.7. The number of nitrogens with one attached hydrogen (secondary N) is 1. The van der Waals surface area contributed by atoms with Crippen molar-refractivity contribution in [3.8, 4) is 11.5 Å². The molecule has 6 heteroatoms. The van der Waals surface area contributed by atoms with E-state index in [1.807, 2.05) is 18.2 Å². The number of rotatable bonds is 4. The van der Waals surface area contributed by atoms with Gasteiger partial charge >= 0.3 is 5.97 Å². The zero-order valence-corrected chi connectivity index (χ0v) is 10.0. The number of aromatic nitrogens is 2. The topological polar surface area (TPSA) is 84.4 Å². The highest BCUT2D eigenvalue weighted by Crippen LogP contribution is 2.32. The van der Waals surface area contributed by atoms with Crippen LogP contribution in [0.15, 0.2) is 24.5 Å². The lowest BCUT2D eigenvalue weighted by atomic mass is 10.1. The number of H-pyrrole nitrogens is 1. The molecule has 0 saturated carbocycles. The maximum atomic E-state index is 10.9. The number of aromatic amines is 1. The van der Waals surface area contributed by atoms with Crippen molar-refractivity contribution < 1.29 is 19.4 Å². The van der Waals surface area contributed by atoms with Gasteiger partial charge in [-0.3, -0.25) is 0 Å². The van der Waals surface area contributed by atoms with Crippen LogP contribution < -0.4 is 9.47 Å². The van der Waals surface area contributed by atoms with Gasteiger partial charge in [-0.05, 0) is 30.5 Å². The summed E-state index contributed by atoms with van der Waals surface area (Å²) < 4.78 is 10.5. The molecule has 2 aromatic rings. The standard InChI is InChI=1S/C13H12N2O4/c16-13(17)12-9(14-6-15-12)3-1-8-2-4-10-11(5-8)19-7-18-10/h2,4-6H,1,3,7H2,(H,14,15)(H,16,17). The number of hydrogen-bond donors (Lipinski definition) is 2. The molecule has 0 bridgehead atoms. The van der Waals surface area contributed by atoms with Crippen molar-refractivity contribution in [1.82, 2.24) is 9.97 Å². The summed E-state index contributed by atoms with van der Waals surface area (Å²) in [7, 11) is 0. The number of benzene rings is 1. The molecule has 1 aromatic heterocycles. The molecule has 0 amide bonds. The Bertz CT molecular complexity index is 621. The van der Waals surface area contributed by atoms with Crippen LogP contribution in [-0.4, -0.2) is 27.8 Å². The van der Waals surface area contributed by atoms with E-state index >= 15 is 0 Å². The Kier molecular flexibility index (Phi) is 2.83. The highest BCUT2D eigenvalue weighted by molar-refractivity contribution is 5.86. The molecular formula is C13H12N2O4. The Hall–Kier alpha value is -2.50. The smallest absolute Gasteiger partial charge is 0.356 e. The maximum absolute atomic E-state index is 10.9. The van der Waals surface area contributed by atoms with Crippen molar-refractivity contribution in [2.45, 2.75) is 12.8 Å². The van der Waals surface area contributed by atoms with Crippen molar-refractivity contribution >= 4 is 5.97 Å². The van der Waals surface area contributed by atoms with E-state index in [0.29, 0.717) is 18.5 Å². The van der Waals surface area contributed by atoms with E-state index in [4.69, 9.17) is 14.6 Å². The predicted octanol–water partition coefficient (Wildman–Crippen LogP) is 1.62. The zero-order valence-electron chi connectivity index (χ0n) is 10.0. The van der Waals surface area contributed by atoms with Gasteiger partial charge in [-0.1, -0.05) is 6.07 Å². The first-order valence-corrected chi connectivity index (χ1v) is 5.88. The Morgan fingerprint density at radius 1 is 1.32 bits per heavy atom. The number of fused-ring (bicyclic) bond motifs is 1. The van der Waals surface area contributed by atoms with Crippen molar-refractivity contribution in [1.29, 1.82) is 0 Å². The lowest BCUT2D eigenvalue weighted by Gasteiger charge is -2.03. The lowest BCUT2D eigenvalue weighted by molar-refractivity contribution is 0.0690. The molecule has 0 radical (unpaired) electrons. The number of aromatic carboxylic acids is 1. The number of nitrogens with zero attached hydrogens (tertiary/aromatic N) is 1. The lowest BCUT2D eigenvalue weighted by Crippen LogP contribution is -2.03. The molecule has 0 aliphatic carbocycles. The van der Waals surface area contributed by atoms with Crippen LogP contribution in [0.4, 0.5) is 0 Å². The average Bonchev–Trinajstić information content (AvgIpc) is 3.04. The average molecular weight is 260 g/mol. The summed E-state index contributed by atoms with van der Waals surface area (Å²) in [4.78, 5) is 17.6. The van der Waals surface area contributed by atoms with E-state index in [-0.39, 0.29) is 12.5 Å². The van der Waals surface area contributed by atoms with Crippen molar-refractivity contribution in [2.75, 3.05) is 6.79 Å². The van der Waals surface area contributed by atoms with E-state index < -0.39 is 5.97 Å². The van der Waals surface area contributed by atoms with Gasteiger partial charge < -0.3 is 19.6 Å². The summed E-state index contributed by atoms with van der Waals surface area (Å²) >= 11 is 0. The van der Waals surface area contributed by atoms with Crippen molar-refractivity contribution in [3.05, 3.63) is 41.5 Å². The van der Waals surface area contributed by atoms with Gasteiger partial charge in [0.25, 0.3) is 0 Å². The number of aryl methyl sites for hydroxylation is 2. The molecule has 0 atom stereocenters. The fourth-order valence-corrected chi connectivity index (χ4v) is 2.06. The summed E-state index contributed by atoms with van der Waals surface area (Å²) in [6.07, 6.45) is 2.69.